The van der Waals surface area contributed by atoms with Crippen molar-refractivity contribution in [3.63, 3.8) is 0 Å². The van der Waals surface area contributed by atoms with Gasteiger partial charge in [0.05, 0.1) is 39.3 Å². The van der Waals surface area contributed by atoms with E-state index in [-0.39, 0.29) is 23.8 Å². The van der Waals surface area contributed by atoms with E-state index in [0.717, 1.165) is 24.3 Å². The zero-order valence-electron chi connectivity index (χ0n) is 20.0. The largest absolute Gasteiger partial charge is 0.497 e. The summed E-state index contributed by atoms with van der Waals surface area (Å²) in [6.07, 6.45) is -4.72. The van der Waals surface area contributed by atoms with Gasteiger partial charge in [0.1, 0.15) is 18.1 Å². The molecule has 1 aromatic heterocycles. The maximum absolute atomic E-state index is 14.0. The Morgan fingerprint density at radius 2 is 1.81 bits per heavy atom. The summed E-state index contributed by atoms with van der Waals surface area (Å²) in [5.74, 6) is 0.492. The van der Waals surface area contributed by atoms with Crippen LogP contribution in [-0.4, -0.2) is 60.1 Å². The van der Waals surface area contributed by atoms with Crippen molar-refractivity contribution in [2.24, 2.45) is 0 Å². The second-order valence-electron chi connectivity index (χ2n) is 9.33. The molecule has 10 heteroatoms. The number of piperazine rings is 1. The van der Waals surface area contributed by atoms with Gasteiger partial charge >= 0.3 is 6.18 Å². The van der Waals surface area contributed by atoms with Gasteiger partial charge in [0.15, 0.2) is 11.7 Å². The van der Waals surface area contributed by atoms with Crippen molar-refractivity contribution >= 4 is 11.7 Å². The third kappa shape index (κ3) is 5.04. The fourth-order valence-electron chi connectivity index (χ4n) is 4.98. The molecule has 3 heterocycles. The molecule has 0 aliphatic carbocycles. The van der Waals surface area contributed by atoms with Crippen LogP contribution >= 0.6 is 0 Å². The molecule has 1 amide bonds. The van der Waals surface area contributed by atoms with Crippen molar-refractivity contribution in [2.75, 3.05) is 38.6 Å². The number of hydrogen-bond donors (Lipinski definition) is 2. The highest BCUT2D eigenvalue weighted by Gasteiger charge is 2.47. The first kappa shape index (κ1) is 24.2. The quantitative estimate of drug-likeness (QED) is 0.565. The summed E-state index contributed by atoms with van der Waals surface area (Å²) >= 11 is 0. The van der Waals surface area contributed by atoms with Crippen LogP contribution in [0.25, 0.3) is 0 Å². The van der Waals surface area contributed by atoms with Crippen LogP contribution < -0.4 is 15.0 Å². The molecule has 1 fully saturated rings. The standard InChI is InChI=1S/C26H28F3N5O2/c1-36-20-9-7-19(8-10-20)21-15-23(26(27,28)29)34-24(30-21)16-22(31-34)25(35)33-13-11-32(12-14-33)17-18-5-3-2-4-6-18/h2-10,16,21,23,30H,11-15,17H2,1H3/p+1. The van der Waals surface area contributed by atoms with Gasteiger partial charge in [0.2, 0.25) is 0 Å². The Kier molecular flexibility index (Phi) is 6.61. The van der Waals surface area contributed by atoms with E-state index in [1.165, 1.54) is 23.6 Å². The molecule has 7 nitrogen and oxygen atoms in total. The average Bonchev–Trinajstić information content (AvgIpc) is 3.32. The Balaban J connectivity index is 1.30. The Morgan fingerprint density at radius 3 is 2.44 bits per heavy atom. The summed E-state index contributed by atoms with van der Waals surface area (Å²) in [6.45, 7) is 3.50. The number of ether oxygens (including phenoxy) is 1. The molecule has 2 aliphatic rings. The highest BCUT2D eigenvalue weighted by molar-refractivity contribution is 5.93. The molecule has 3 aromatic rings. The molecule has 0 radical (unpaired) electrons. The van der Waals surface area contributed by atoms with Crippen LogP contribution in [0.15, 0.2) is 60.7 Å². The minimum Gasteiger partial charge on any atom is -0.497 e. The van der Waals surface area contributed by atoms with Gasteiger partial charge in [-0.3, -0.25) is 4.79 Å². The molecule has 2 aromatic carbocycles. The number of aromatic nitrogens is 2. The first-order chi connectivity index (χ1) is 17.3. The first-order valence-corrected chi connectivity index (χ1v) is 12.1. The van der Waals surface area contributed by atoms with Gasteiger partial charge in [0, 0.05) is 18.1 Å². The Labute approximate surface area is 207 Å². The lowest BCUT2D eigenvalue weighted by atomic mass is 9.97. The summed E-state index contributed by atoms with van der Waals surface area (Å²) in [4.78, 5) is 16.2. The van der Waals surface area contributed by atoms with Gasteiger partial charge < -0.3 is 19.9 Å². The van der Waals surface area contributed by atoms with Crippen LogP contribution in [0, 0.1) is 0 Å². The number of carbonyl (C=O) groups is 1. The second kappa shape index (κ2) is 9.85. The van der Waals surface area contributed by atoms with Crippen LogP contribution in [0.1, 0.15) is 40.1 Å². The van der Waals surface area contributed by atoms with Gasteiger partial charge in [0.25, 0.3) is 5.91 Å². The third-order valence-corrected chi connectivity index (χ3v) is 6.98. The van der Waals surface area contributed by atoms with Gasteiger partial charge in [-0.05, 0) is 17.7 Å². The number of rotatable bonds is 5. The molecular weight excluding hydrogens is 471 g/mol. The molecule has 190 valence electrons. The summed E-state index contributed by atoms with van der Waals surface area (Å²) in [5.41, 5.74) is 1.99. The predicted molar refractivity (Wildman–Crippen MR) is 128 cm³/mol. The number of nitrogens with zero attached hydrogens (tertiary/aromatic N) is 3. The minimum atomic E-state index is -4.50. The highest BCUT2D eigenvalue weighted by Crippen LogP contribution is 2.43. The fraction of sp³-hybridized carbons (Fsp3) is 0.385. The lowest BCUT2D eigenvalue weighted by Gasteiger charge is -2.33. The van der Waals surface area contributed by atoms with Crippen molar-refractivity contribution in [2.45, 2.75) is 31.2 Å². The second-order valence-corrected chi connectivity index (χ2v) is 9.33. The maximum atomic E-state index is 14.0. The number of alkyl halides is 3. The van der Waals surface area contributed by atoms with Crippen molar-refractivity contribution in [3.05, 3.63) is 77.5 Å². The van der Waals surface area contributed by atoms with E-state index in [2.05, 4.69) is 22.5 Å². The molecule has 36 heavy (non-hydrogen) atoms. The number of amides is 1. The molecule has 2 atom stereocenters. The zero-order valence-corrected chi connectivity index (χ0v) is 20.0. The number of carbonyl (C=O) groups excluding carboxylic acids is 1. The number of fused-ring (bicyclic) bond motifs is 1. The monoisotopic (exact) mass is 500 g/mol. The zero-order chi connectivity index (χ0) is 25.3. The topological polar surface area (TPSA) is 63.8 Å². The highest BCUT2D eigenvalue weighted by atomic mass is 19.4. The number of nitrogens with one attached hydrogen (secondary N) is 2. The van der Waals surface area contributed by atoms with Crippen LogP contribution in [0.2, 0.25) is 0 Å². The SMILES string of the molecule is COc1ccc(C2CC(C(F)(F)F)n3nc(C(=O)N4CC[NH+](Cc5ccccc5)CC4)cc3N2)cc1. The van der Waals surface area contributed by atoms with Crippen molar-refractivity contribution in [1.29, 1.82) is 0 Å². The Bertz CT molecular complexity index is 1190. The number of benzene rings is 2. The molecule has 2 aliphatic heterocycles. The fourth-order valence-corrected chi connectivity index (χ4v) is 4.98. The van der Waals surface area contributed by atoms with E-state index in [1.807, 2.05) is 18.2 Å². The number of anilines is 1. The van der Waals surface area contributed by atoms with E-state index < -0.39 is 18.3 Å². The number of methoxy groups -OCH3 is 1. The van der Waals surface area contributed by atoms with Gasteiger partial charge in [-0.25, -0.2) is 4.68 Å². The van der Waals surface area contributed by atoms with E-state index in [0.29, 0.717) is 24.4 Å². The molecule has 0 bridgehead atoms. The van der Waals surface area contributed by atoms with Gasteiger partial charge in [-0.2, -0.15) is 18.3 Å². The number of halogens is 3. The molecule has 2 N–H and O–H groups in total. The van der Waals surface area contributed by atoms with Crippen molar-refractivity contribution in [1.82, 2.24) is 14.7 Å². The van der Waals surface area contributed by atoms with Crippen LogP contribution in [0.5, 0.6) is 5.75 Å². The summed E-state index contributed by atoms with van der Waals surface area (Å²) < 4.78 is 48.1. The molecule has 2 unspecified atom stereocenters. The third-order valence-electron chi connectivity index (χ3n) is 6.98. The summed E-state index contributed by atoms with van der Waals surface area (Å²) in [5, 5.41) is 7.28. The smallest absolute Gasteiger partial charge is 0.410 e. The molecule has 1 saturated heterocycles. The van der Waals surface area contributed by atoms with Crippen LogP contribution in [-0.2, 0) is 6.54 Å². The Hall–Kier alpha value is -3.53. The van der Waals surface area contributed by atoms with E-state index in [4.69, 9.17) is 4.74 Å². The summed E-state index contributed by atoms with van der Waals surface area (Å²) in [7, 11) is 1.54. The van der Waals surface area contributed by atoms with Crippen LogP contribution in [0.4, 0.5) is 19.0 Å². The predicted octanol–water partition coefficient (Wildman–Crippen LogP) is 3.09. The lowest BCUT2D eigenvalue weighted by Crippen LogP contribution is -3.13. The molecule has 5 rings (SSSR count). The van der Waals surface area contributed by atoms with E-state index >= 15 is 0 Å². The molecule has 0 spiro atoms. The van der Waals surface area contributed by atoms with Crippen LogP contribution in [0.3, 0.4) is 0 Å². The maximum Gasteiger partial charge on any atom is 0.410 e. The lowest BCUT2D eigenvalue weighted by molar-refractivity contribution is -0.917. The number of hydrogen-bond acceptors (Lipinski definition) is 4. The summed E-state index contributed by atoms with van der Waals surface area (Å²) in [6, 6.07) is 16.2. The Morgan fingerprint density at radius 1 is 1.11 bits per heavy atom. The number of quaternary nitrogens is 1. The van der Waals surface area contributed by atoms with E-state index in [9.17, 15) is 18.0 Å². The molecular formula is C26H29F3N5O2+. The van der Waals surface area contributed by atoms with Crippen molar-refractivity contribution < 1.29 is 27.6 Å². The van der Waals surface area contributed by atoms with Crippen molar-refractivity contribution in [3.8, 4) is 5.75 Å². The molecule has 0 saturated carbocycles. The minimum absolute atomic E-state index is 0.0358. The first-order valence-electron chi connectivity index (χ1n) is 12.1. The average molecular weight is 501 g/mol. The van der Waals surface area contributed by atoms with Gasteiger partial charge in [-0.15, -0.1) is 0 Å². The normalized spacial score (nSPS) is 20.5. The van der Waals surface area contributed by atoms with E-state index in [1.54, 1.807) is 29.2 Å². The van der Waals surface area contributed by atoms with Gasteiger partial charge in [-0.1, -0.05) is 42.5 Å².